The van der Waals surface area contributed by atoms with Crippen LogP contribution in [-0.2, 0) is 16.6 Å². The molecule has 3 aromatic rings. The van der Waals surface area contributed by atoms with Crippen molar-refractivity contribution >= 4 is 48.7 Å². The van der Waals surface area contributed by atoms with E-state index in [1.54, 1.807) is 28.8 Å². The van der Waals surface area contributed by atoms with Crippen LogP contribution in [0.5, 0.6) is 0 Å². The first-order chi connectivity index (χ1) is 15.3. The van der Waals surface area contributed by atoms with Gasteiger partial charge in [0.25, 0.3) is 0 Å². The van der Waals surface area contributed by atoms with Crippen LogP contribution in [0.15, 0.2) is 21.7 Å². The Balaban J connectivity index is 1.55. The van der Waals surface area contributed by atoms with Gasteiger partial charge >= 0.3 is 0 Å². The van der Waals surface area contributed by atoms with E-state index >= 15 is 0 Å². The van der Waals surface area contributed by atoms with Gasteiger partial charge in [-0.05, 0) is 56.8 Å². The number of thiophene rings is 2. The Hall–Kier alpha value is -1.59. The number of nitrogens with zero attached hydrogens (tertiary/aromatic N) is 4. The van der Waals surface area contributed by atoms with Crippen LogP contribution in [-0.4, -0.2) is 55.5 Å². The number of fused-ring (bicyclic) bond motifs is 1. The summed E-state index contributed by atoms with van der Waals surface area (Å²) in [6, 6.07) is 3.36. The van der Waals surface area contributed by atoms with Gasteiger partial charge in [-0.2, -0.15) is 0 Å². The molecular formula is C22H31N5O2S3. The minimum Gasteiger partial charge on any atom is -0.356 e. The van der Waals surface area contributed by atoms with Gasteiger partial charge in [-0.15, -0.1) is 22.7 Å². The largest absolute Gasteiger partial charge is 0.356 e. The lowest BCUT2D eigenvalue weighted by atomic mass is 10.1. The van der Waals surface area contributed by atoms with Gasteiger partial charge in [0, 0.05) is 24.0 Å². The lowest BCUT2D eigenvalue weighted by molar-refractivity contribution is 0.288. The normalized spacial score (nSPS) is 15.8. The second-order valence-corrected chi connectivity index (χ2v) is 12.3. The van der Waals surface area contributed by atoms with Crippen molar-refractivity contribution in [3.05, 3.63) is 33.8 Å². The molecule has 0 unspecified atom stereocenters. The van der Waals surface area contributed by atoms with Crippen molar-refractivity contribution in [3.8, 4) is 0 Å². The van der Waals surface area contributed by atoms with E-state index in [-0.39, 0.29) is 6.04 Å². The quantitative estimate of drug-likeness (QED) is 0.508. The van der Waals surface area contributed by atoms with Crippen molar-refractivity contribution in [3.63, 3.8) is 0 Å². The second kappa shape index (κ2) is 9.72. The predicted molar refractivity (Wildman–Crippen MR) is 133 cm³/mol. The third-order valence-electron chi connectivity index (χ3n) is 6.19. The van der Waals surface area contributed by atoms with Gasteiger partial charge in [0.2, 0.25) is 10.0 Å². The molecule has 1 aliphatic rings. The highest BCUT2D eigenvalue weighted by atomic mass is 32.2. The van der Waals surface area contributed by atoms with Crippen LogP contribution >= 0.6 is 22.7 Å². The number of hydrogen-bond donors (Lipinski definition) is 1. The third-order valence-corrected chi connectivity index (χ3v) is 10.2. The van der Waals surface area contributed by atoms with E-state index in [1.165, 1.54) is 21.8 Å². The molecule has 0 bridgehead atoms. The van der Waals surface area contributed by atoms with Crippen molar-refractivity contribution in [1.29, 1.82) is 0 Å². The van der Waals surface area contributed by atoms with Crippen LogP contribution in [0.1, 0.15) is 43.0 Å². The lowest BCUT2D eigenvalue weighted by Gasteiger charge is -2.33. The zero-order valence-corrected chi connectivity index (χ0v) is 21.5. The Morgan fingerprint density at radius 1 is 1.19 bits per heavy atom. The molecule has 7 nitrogen and oxygen atoms in total. The number of piperidine rings is 1. The molecule has 1 N–H and O–H groups in total. The van der Waals surface area contributed by atoms with Crippen LogP contribution in [0, 0.1) is 13.8 Å². The number of sulfonamides is 1. The van der Waals surface area contributed by atoms with Gasteiger partial charge in [-0.25, -0.2) is 23.1 Å². The number of anilines is 1. The highest BCUT2D eigenvalue weighted by Crippen LogP contribution is 2.36. The van der Waals surface area contributed by atoms with Crippen LogP contribution in [0.25, 0.3) is 10.2 Å². The van der Waals surface area contributed by atoms with Gasteiger partial charge in [-0.1, -0.05) is 19.9 Å². The summed E-state index contributed by atoms with van der Waals surface area (Å²) in [5, 5.41) is 2.94. The van der Waals surface area contributed by atoms with Crippen LogP contribution in [0.4, 0.5) is 5.82 Å². The summed E-state index contributed by atoms with van der Waals surface area (Å²) in [6.07, 6.45) is 1.51. The Morgan fingerprint density at radius 3 is 2.53 bits per heavy atom. The maximum Gasteiger partial charge on any atom is 0.250 e. The molecule has 0 aliphatic carbocycles. The number of hydrogen-bond acceptors (Lipinski definition) is 8. The lowest BCUT2D eigenvalue weighted by Crippen LogP contribution is -2.44. The fraction of sp³-hybridized carbons (Fsp3) is 0.545. The van der Waals surface area contributed by atoms with E-state index in [4.69, 9.17) is 9.97 Å². The molecule has 10 heteroatoms. The topological polar surface area (TPSA) is 78.4 Å². The van der Waals surface area contributed by atoms with E-state index in [2.05, 4.69) is 42.2 Å². The second-order valence-electron chi connectivity index (χ2n) is 8.20. The molecule has 1 saturated heterocycles. The smallest absolute Gasteiger partial charge is 0.250 e. The monoisotopic (exact) mass is 493 g/mol. The number of aryl methyl sites for hydroxylation is 2. The first-order valence-electron chi connectivity index (χ1n) is 11.1. The maximum absolute atomic E-state index is 12.6. The molecule has 4 rings (SSSR count). The van der Waals surface area contributed by atoms with Crippen LogP contribution in [0.3, 0.4) is 0 Å². The van der Waals surface area contributed by atoms with E-state index in [1.807, 2.05) is 0 Å². The van der Waals surface area contributed by atoms with Gasteiger partial charge < -0.3 is 4.90 Å². The Labute approximate surface area is 198 Å². The predicted octanol–water partition coefficient (Wildman–Crippen LogP) is 4.16. The maximum atomic E-state index is 12.6. The molecule has 0 spiro atoms. The first kappa shape index (κ1) is 23.6. The summed E-state index contributed by atoms with van der Waals surface area (Å²) in [7, 11) is -3.44. The van der Waals surface area contributed by atoms with Crippen molar-refractivity contribution in [2.75, 3.05) is 31.1 Å². The summed E-state index contributed by atoms with van der Waals surface area (Å²) in [6.45, 7) is 12.8. The van der Waals surface area contributed by atoms with Crippen molar-refractivity contribution in [1.82, 2.24) is 19.6 Å². The highest BCUT2D eigenvalue weighted by Gasteiger charge is 2.28. The summed E-state index contributed by atoms with van der Waals surface area (Å²) in [4.78, 5) is 16.9. The standard InChI is InChI=1S/C22H31N5O2S3/c1-5-26(6-2)14-18-23-21(20-15(3)16(4)31-22(20)24-18)27-11-9-17(10-12-27)25-32(28,29)19-8-7-13-30-19/h7-8,13,17,25H,5-6,9-12,14H2,1-4H3. The minimum atomic E-state index is -3.44. The molecule has 4 heterocycles. The van der Waals surface area contributed by atoms with Crippen molar-refractivity contribution in [2.45, 2.75) is 57.3 Å². The van der Waals surface area contributed by atoms with Gasteiger partial charge in [0.1, 0.15) is 20.7 Å². The summed E-state index contributed by atoms with van der Waals surface area (Å²) >= 11 is 2.98. The Morgan fingerprint density at radius 2 is 1.91 bits per heavy atom. The molecule has 0 saturated carbocycles. The molecule has 1 fully saturated rings. The zero-order chi connectivity index (χ0) is 22.9. The summed E-state index contributed by atoms with van der Waals surface area (Å²) in [5.74, 6) is 1.86. The Bertz CT molecular complexity index is 1160. The van der Waals surface area contributed by atoms with Crippen molar-refractivity contribution in [2.24, 2.45) is 0 Å². The van der Waals surface area contributed by atoms with Gasteiger partial charge in [0.05, 0.1) is 11.9 Å². The molecule has 0 aromatic carbocycles. The molecule has 174 valence electrons. The van der Waals surface area contributed by atoms with Crippen molar-refractivity contribution < 1.29 is 8.42 Å². The fourth-order valence-corrected chi connectivity index (χ4v) is 7.48. The highest BCUT2D eigenvalue weighted by molar-refractivity contribution is 7.91. The number of aromatic nitrogens is 2. The zero-order valence-electron chi connectivity index (χ0n) is 19.1. The molecule has 0 atom stereocenters. The molecule has 1 aliphatic heterocycles. The van der Waals surface area contributed by atoms with Crippen LogP contribution in [0.2, 0.25) is 0 Å². The first-order valence-corrected chi connectivity index (χ1v) is 14.3. The molecule has 0 amide bonds. The molecule has 32 heavy (non-hydrogen) atoms. The minimum absolute atomic E-state index is 0.0591. The van der Waals surface area contributed by atoms with E-state index in [9.17, 15) is 8.42 Å². The summed E-state index contributed by atoms with van der Waals surface area (Å²) < 4.78 is 28.5. The summed E-state index contributed by atoms with van der Waals surface area (Å²) in [5.41, 5.74) is 1.25. The van der Waals surface area contributed by atoms with Crippen LogP contribution < -0.4 is 9.62 Å². The van der Waals surface area contributed by atoms with E-state index in [0.29, 0.717) is 4.21 Å². The third kappa shape index (κ3) is 4.84. The number of nitrogens with one attached hydrogen (secondary N) is 1. The average Bonchev–Trinajstić information content (AvgIpc) is 3.41. The van der Waals surface area contributed by atoms with E-state index < -0.39 is 10.0 Å². The number of rotatable bonds is 8. The molecule has 3 aromatic heterocycles. The Kier molecular flexibility index (Phi) is 7.16. The van der Waals surface area contributed by atoms with Gasteiger partial charge in [0.15, 0.2) is 0 Å². The SMILES string of the molecule is CCN(CC)Cc1nc(N2CCC(NS(=O)(=O)c3cccs3)CC2)c2c(C)c(C)sc2n1. The fourth-order valence-electron chi connectivity index (χ4n) is 4.12. The molecule has 0 radical (unpaired) electrons. The van der Waals surface area contributed by atoms with Gasteiger partial charge in [-0.3, -0.25) is 4.90 Å². The van der Waals surface area contributed by atoms with E-state index in [0.717, 1.165) is 67.4 Å². The molecular weight excluding hydrogens is 462 g/mol. The average molecular weight is 494 g/mol.